The van der Waals surface area contributed by atoms with Crippen molar-refractivity contribution in [1.29, 1.82) is 0 Å². The number of methoxy groups -OCH3 is 3. The standard InChI is InChI=1S/C22H35N3O5.HI/c1-6-23-22(25-14-8-9-17(15-25)21(26)30-7-2)24-13-12-16-10-11-18(27-3)20(29-5)19(16)28-4;/h10-11,17H,6-9,12-15H2,1-5H3,(H,23,24);1H. The number of nitrogens with zero attached hydrogens (tertiary/aromatic N) is 2. The zero-order valence-corrected chi connectivity index (χ0v) is 21.6. The Balaban J connectivity index is 0.00000480. The van der Waals surface area contributed by atoms with Crippen LogP contribution in [0.2, 0.25) is 0 Å². The van der Waals surface area contributed by atoms with Gasteiger partial charge in [-0.2, -0.15) is 0 Å². The molecular formula is C22H36IN3O5. The van der Waals surface area contributed by atoms with Crippen molar-refractivity contribution >= 4 is 35.9 Å². The van der Waals surface area contributed by atoms with Crippen molar-refractivity contribution in [1.82, 2.24) is 10.2 Å². The molecule has 1 unspecified atom stereocenters. The third-order valence-electron chi connectivity index (χ3n) is 5.10. The second kappa shape index (κ2) is 14.2. The summed E-state index contributed by atoms with van der Waals surface area (Å²) >= 11 is 0. The second-order valence-electron chi connectivity index (χ2n) is 7.02. The van der Waals surface area contributed by atoms with Gasteiger partial charge in [0.25, 0.3) is 0 Å². The Labute approximate surface area is 202 Å². The molecule has 1 aromatic rings. The van der Waals surface area contributed by atoms with Gasteiger partial charge in [-0.25, -0.2) is 0 Å². The predicted molar refractivity (Wildman–Crippen MR) is 132 cm³/mol. The highest BCUT2D eigenvalue weighted by Gasteiger charge is 2.28. The van der Waals surface area contributed by atoms with Gasteiger partial charge in [0.05, 0.1) is 33.9 Å². The highest BCUT2D eigenvalue weighted by atomic mass is 127. The van der Waals surface area contributed by atoms with E-state index in [0.29, 0.717) is 43.4 Å². The van der Waals surface area contributed by atoms with E-state index in [1.807, 2.05) is 26.0 Å². The summed E-state index contributed by atoms with van der Waals surface area (Å²) in [6.07, 6.45) is 2.49. The Hall–Kier alpha value is -1.91. The summed E-state index contributed by atoms with van der Waals surface area (Å²) in [5, 5.41) is 3.35. The largest absolute Gasteiger partial charge is 0.493 e. The molecule has 31 heavy (non-hydrogen) atoms. The molecule has 0 radical (unpaired) electrons. The van der Waals surface area contributed by atoms with Crippen LogP contribution in [0, 0.1) is 5.92 Å². The highest BCUT2D eigenvalue weighted by Crippen LogP contribution is 2.39. The van der Waals surface area contributed by atoms with Gasteiger partial charge >= 0.3 is 5.97 Å². The van der Waals surface area contributed by atoms with Crippen LogP contribution >= 0.6 is 24.0 Å². The van der Waals surface area contributed by atoms with Crippen molar-refractivity contribution in [2.75, 3.05) is 54.1 Å². The van der Waals surface area contributed by atoms with E-state index in [9.17, 15) is 4.79 Å². The molecule has 0 bridgehead atoms. The molecule has 1 heterocycles. The molecule has 9 heteroatoms. The monoisotopic (exact) mass is 549 g/mol. The minimum absolute atomic E-state index is 0. The zero-order valence-electron chi connectivity index (χ0n) is 19.2. The van der Waals surface area contributed by atoms with Gasteiger partial charge in [0.2, 0.25) is 5.75 Å². The van der Waals surface area contributed by atoms with Gasteiger partial charge < -0.3 is 29.2 Å². The summed E-state index contributed by atoms with van der Waals surface area (Å²) in [5.41, 5.74) is 0.998. The van der Waals surface area contributed by atoms with Gasteiger partial charge in [0.15, 0.2) is 17.5 Å². The van der Waals surface area contributed by atoms with Gasteiger partial charge in [-0.1, -0.05) is 6.07 Å². The number of esters is 1. The van der Waals surface area contributed by atoms with E-state index in [-0.39, 0.29) is 35.9 Å². The number of guanidine groups is 1. The van der Waals surface area contributed by atoms with E-state index in [2.05, 4.69) is 10.2 Å². The Kier molecular flexibility index (Phi) is 12.4. The van der Waals surface area contributed by atoms with Crippen molar-refractivity contribution in [3.63, 3.8) is 0 Å². The number of rotatable bonds is 9. The van der Waals surface area contributed by atoms with Crippen molar-refractivity contribution in [2.24, 2.45) is 10.9 Å². The van der Waals surface area contributed by atoms with Crippen molar-refractivity contribution in [3.8, 4) is 17.2 Å². The molecule has 176 valence electrons. The summed E-state index contributed by atoms with van der Waals surface area (Å²) in [5.74, 6) is 2.49. The molecule has 1 saturated heterocycles. The lowest BCUT2D eigenvalue weighted by molar-refractivity contribution is -0.149. The number of piperidine rings is 1. The number of ether oxygens (including phenoxy) is 4. The van der Waals surface area contributed by atoms with Crippen LogP contribution in [0.1, 0.15) is 32.3 Å². The fourth-order valence-corrected chi connectivity index (χ4v) is 3.69. The third-order valence-corrected chi connectivity index (χ3v) is 5.10. The number of hydrogen-bond donors (Lipinski definition) is 1. The molecule has 1 fully saturated rings. The van der Waals surface area contributed by atoms with Gasteiger partial charge in [-0.3, -0.25) is 9.79 Å². The second-order valence-corrected chi connectivity index (χ2v) is 7.02. The van der Waals surface area contributed by atoms with Crippen molar-refractivity contribution in [2.45, 2.75) is 33.1 Å². The van der Waals surface area contributed by atoms with Crippen molar-refractivity contribution in [3.05, 3.63) is 17.7 Å². The van der Waals surface area contributed by atoms with Gasteiger partial charge in [-0.05, 0) is 39.2 Å². The van der Waals surface area contributed by atoms with Gasteiger partial charge in [-0.15, -0.1) is 24.0 Å². The molecule has 1 aliphatic heterocycles. The zero-order chi connectivity index (χ0) is 21.9. The average molecular weight is 549 g/mol. The highest BCUT2D eigenvalue weighted by molar-refractivity contribution is 14.0. The average Bonchev–Trinajstić information content (AvgIpc) is 2.78. The van der Waals surface area contributed by atoms with E-state index in [0.717, 1.165) is 37.5 Å². The predicted octanol–water partition coefficient (Wildman–Crippen LogP) is 3.11. The van der Waals surface area contributed by atoms with Gasteiger partial charge in [0.1, 0.15) is 0 Å². The van der Waals surface area contributed by atoms with Crippen LogP contribution < -0.4 is 19.5 Å². The summed E-state index contributed by atoms with van der Waals surface area (Å²) in [6, 6.07) is 3.85. The molecule has 1 aliphatic rings. The summed E-state index contributed by atoms with van der Waals surface area (Å²) < 4.78 is 21.6. The van der Waals surface area contributed by atoms with E-state index < -0.39 is 0 Å². The van der Waals surface area contributed by atoms with Crippen LogP contribution in [0.5, 0.6) is 17.2 Å². The van der Waals surface area contributed by atoms with E-state index in [1.54, 1.807) is 21.3 Å². The van der Waals surface area contributed by atoms with E-state index in [4.69, 9.17) is 23.9 Å². The number of carbonyl (C=O) groups excluding carboxylic acids is 1. The topological polar surface area (TPSA) is 81.6 Å². The van der Waals surface area contributed by atoms with E-state index in [1.165, 1.54) is 0 Å². The maximum Gasteiger partial charge on any atom is 0.310 e. The number of halogens is 1. The normalized spacial score (nSPS) is 16.2. The molecule has 1 aromatic carbocycles. The molecule has 2 rings (SSSR count). The summed E-state index contributed by atoms with van der Waals surface area (Å²) in [7, 11) is 4.82. The van der Waals surface area contributed by atoms with Gasteiger partial charge in [0, 0.05) is 31.7 Å². The Bertz CT molecular complexity index is 729. The maximum absolute atomic E-state index is 12.2. The van der Waals surface area contributed by atoms with Crippen LogP contribution in [0.4, 0.5) is 0 Å². The number of carbonyl (C=O) groups is 1. The number of benzene rings is 1. The fraction of sp³-hybridized carbons (Fsp3) is 0.636. The minimum atomic E-state index is -0.117. The number of hydrogen-bond acceptors (Lipinski definition) is 6. The van der Waals surface area contributed by atoms with Crippen LogP contribution in [0.3, 0.4) is 0 Å². The Morgan fingerprint density at radius 2 is 1.90 bits per heavy atom. The molecule has 0 spiro atoms. The van der Waals surface area contributed by atoms with Crippen LogP contribution in [-0.2, 0) is 16.0 Å². The van der Waals surface area contributed by atoms with Crippen LogP contribution in [0.15, 0.2) is 17.1 Å². The quantitative estimate of drug-likeness (QED) is 0.220. The van der Waals surface area contributed by atoms with E-state index >= 15 is 0 Å². The first-order valence-electron chi connectivity index (χ1n) is 10.6. The Morgan fingerprint density at radius 1 is 1.16 bits per heavy atom. The number of nitrogens with one attached hydrogen (secondary N) is 1. The molecule has 1 atom stereocenters. The smallest absolute Gasteiger partial charge is 0.310 e. The van der Waals surface area contributed by atoms with Crippen LogP contribution in [0.25, 0.3) is 0 Å². The lowest BCUT2D eigenvalue weighted by Crippen LogP contribution is -2.48. The SMILES string of the molecule is CCNC(=NCCc1ccc(OC)c(OC)c1OC)N1CCCC(C(=O)OCC)C1.I. The molecule has 0 aliphatic carbocycles. The molecule has 8 nitrogen and oxygen atoms in total. The molecule has 0 saturated carbocycles. The lowest BCUT2D eigenvalue weighted by atomic mass is 9.98. The molecular weight excluding hydrogens is 513 g/mol. The lowest BCUT2D eigenvalue weighted by Gasteiger charge is -2.34. The molecule has 1 N–H and O–H groups in total. The van der Waals surface area contributed by atoms with Crippen LogP contribution in [-0.4, -0.2) is 70.9 Å². The number of aliphatic imine (C=N–C) groups is 1. The summed E-state index contributed by atoms with van der Waals surface area (Å²) in [4.78, 5) is 19.1. The first kappa shape index (κ1) is 27.1. The third kappa shape index (κ3) is 7.33. The molecule has 0 aromatic heterocycles. The minimum Gasteiger partial charge on any atom is -0.493 e. The van der Waals surface area contributed by atoms with Crippen molar-refractivity contribution < 1.29 is 23.7 Å². The first-order chi connectivity index (χ1) is 14.6. The Morgan fingerprint density at radius 3 is 2.52 bits per heavy atom. The maximum atomic E-state index is 12.2. The summed E-state index contributed by atoms with van der Waals surface area (Å²) in [6.45, 7) is 7.14. The first-order valence-corrected chi connectivity index (χ1v) is 10.6. The number of likely N-dealkylation sites (tertiary alicyclic amines) is 1. The fourth-order valence-electron chi connectivity index (χ4n) is 3.69. The molecule has 0 amide bonds.